The van der Waals surface area contributed by atoms with E-state index in [1.165, 1.54) is 0 Å². The molecule has 2 aromatic carbocycles. The van der Waals surface area contributed by atoms with Gasteiger partial charge in [-0.1, -0.05) is 39.7 Å². The van der Waals surface area contributed by atoms with Gasteiger partial charge in [0.1, 0.15) is 0 Å². The maximum atomic E-state index is 11.9. The van der Waals surface area contributed by atoms with Crippen molar-refractivity contribution in [1.29, 1.82) is 0 Å². The average Bonchev–Trinajstić information content (AvgIpc) is 2.47. The largest absolute Gasteiger partial charge is 0.325 e. The molecule has 2 aromatic rings. The van der Waals surface area contributed by atoms with Crippen LogP contribution in [0.5, 0.6) is 0 Å². The Morgan fingerprint density at radius 1 is 1.24 bits per heavy atom. The number of anilines is 1. The average molecular weight is 368 g/mol. The second-order valence-electron chi connectivity index (χ2n) is 4.71. The van der Waals surface area contributed by atoms with Crippen LogP contribution in [0.15, 0.2) is 53.0 Å². The maximum Gasteiger partial charge on any atom is 0.238 e. The van der Waals surface area contributed by atoms with Crippen LogP contribution < -0.4 is 10.6 Å². The molecule has 0 fully saturated rings. The second kappa shape index (κ2) is 7.59. The molecule has 0 saturated carbocycles. The monoisotopic (exact) mass is 366 g/mol. The van der Waals surface area contributed by atoms with Crippen LogP contribution in [0, 0.1) is 0 Å². The molecule has 1 atom stereocenters. The van der Waals surface area contributed by atoms with E-state index in [-0.39, 0.29) is 18.5 Å². The number of halogens is 2. The van der Waals surface area contributed by atoms with E-state index < -0.39 is 0 Å². The highest BCUT2D eigenvalue weighted by molar-refractivity contribution is 9.10. The van der Waals surface area contributed by atoms with E-state index in [1.807, 2.05) is 31.2 Å². The van der Waals surface area contributed by atoms with Gasteiger partial charge in [0.05, 0.1) is 6.54 Å². The van der Waals surface area contributed by atoms with Gasteiger partial charge in [0.25, 0.3) is 0 Å². The van der Waals surface area contributed by atoms with Crippen molar-refractivity contribution < 1.29 is 4.79 Å². The van der Waals surface area contributed by atoms with Gasteiger partial charge in [-0.15, -0.1) is 0 Å². The van der Waals surface area contributed by atoms with Gasteiger partial charge in [0.15, 0.2) is 0 Å². The zero-order valence-corrected chi connectivity index (χ0v) is 13.9. The molecule has 0 aliphatic heterocycles. The van der Waals surface area contributed by atoms with Crippen LogP contribution >= 0.6 is 27.5 Å². The number of carbonyl (C=O) groups is 1. The standard InChI is InChI=1S/C16H16BrClN2O/c1-11(12-3-2-4-13(17)9-12)19-10-16(21)20-15-7-5-14(18)6-8-15/h2-9,11,19H,10H2,1H3,(H,20,21)/t11-/m0/s1. The number of hydrogen-bond donors (Lipinski definition) is 2. The SMILES string of the molecule is C[C@H](NCC(=O)Nc1ccc(Cl)cc1)c1cccc(Br)c1. The first-order valence-electron chi connectivity index (χ1n) is 6.59. The van der Waals surface area contributed by atoms with Crippen LogP contribution in [0.1, 0.15) is 18.5 Å². The molecule has 2 rings (SSSR count). The van der Waals surface area contributed by atoms with Gasteiger partial charge < -0.3 is 10.6 Å². The molecule has 2 N–H and O–H groups in total. The Kier molecular flexibility index (Phi) is 5.79. The molecule has 0 radical (unpaired) electrons. The van der Waals surface area contributed by atoms with E-state index in [0.717, 1.165) is 15.7 Å². The lowest BCUT2D eigenvalue weighted by Gasteiger charge is -2.14. The van der Waals surface area contributed by atoms with Crippen molar-refractivity contribution in [2.45, 2.75) is 13.0 Å². The number of rotatable bonds is 5. The third-order valence-electron chi connectivity index (χ3n) is 3.05. The number of nitrogens with one attached hydrogen (secondary N) is 2. The molecule has 110 valence electrons. The first-order chi connectivity index (χ1) is 10.0. The number of amides is 1. The summed E-state index contributed by atoms with van der Waals surface area (Å²) >= 11 is 9.25. The van der Waals surface area contributed by atoms with Crippen LogP contribution in [-0.4, -0.2) is 12.5 Å². The minimum Gasteiger partial charge on any atom is -0.325 e. The van der Waals surface area contributed by atoms with Gasteiger partial charge in [0, 0.05) is 21.2 Å². The fourth-order valence-corrected chi connectivity index (χ4v) is 2.42. The van der Waals surface area contributed by atoms with E-state index in [2.05, 4.69) is 26.6 Å². The summed E-state index contributed by atoms with van der Waals surface area (Å²) in [4.78, 5) is 11.9. The molecule has 0 unspecified atom stereocenters. The van der Waals surface area contributed by atoms with E-state index in [0.29, 0.717) is 5.02 Å². The fourth-order valence-electron chi connectivity index (χ4n) is 1.88. The Morgan fingerprint density at radius 3 is 2.62 bits per heavy atom. The molecule has 0 heterocycles. The first kappa shape index (κ1) is 16.0. The van der Waals surface area contributed by atoms with Crippen LogP contribution in [0.2, 0.25) is 5.02 Å². The molecule has 21 heavy (non-hydrogen) atoms. The van der Waals surface area contributed by atoms with E-state index in [1.54, 1.807) is 24.3 Å². The molecular weight excluding hydrogens is 352 g/mol. The van der Waals surface area contributed by atoms with Crippen molar-refractivity contribution in [2.75, 3.05) is 11.9 Å². The summed E-state index contributed by atoms with van der Waals surface area (Å²) in [7, 11) is 0. The van der Waals surface area contributed by atoms with Crippen molar-refractivity contribution in [1.82, 2.24) is 5.32 Å². The first-order valence-corrected chi connectivity index (χ1v) is 7.76. The molecule has 1 amide bonds. The third-order valence-corrected chi connectivity index (χ3v) is 3.79. The highest BCUT2D eigenvalue weighted by Gasteiger charge is 2.08. The van der Waals surface area contributed by atoms with Crippen molar-refractivity contribution in [3.63, 3.8) is 0 Å². The Balaban J connectivity index is 1.84. The van der Waals surface area contributed by atoms with E-state index in [9.17, 15) is 4.79 Å². The van der Waals surface area contributed by atoms with Gasteiger partial charge >= 0.3 is 0 Å². The highest BCUT2D eigenvalue weighted by Crippen LogP contribution is 2.17. The van der Waals surface area contributed by atoms with Crippen molar-refractivity contribution >= 4 is 39.1 Å². The van der Waals surface area contributed by atoms with E-state index in [4.69, 9.17) is 11.6 Å². The summed E-state index contributed by atoms with van der Waals surface area (Å²) in [5, 5.41) is 6.66. The summed E-state index contributed by atoms with van der Waals surface area (Å²) in [5.74, 6) is -0.0841. The van der Waals surface area contributed by atoms with E-state index >= 15 is 0 Å². The fraction of sp³-hybridized carbons (Fsp3) is 0.188. The topological polar surface area (TPSA) is 41.1 Å². The van der Waals surface area contributed by atoms with Crippen molar-refractivity contribution in [3.05, 3.63) is 63.6 Å². The molecule has 5 heteroatoms. The lowest BCUT2D eigenvalue weighted by molar-refractivity contribution is -0.115. The lowest BCUT2D eigenvalue weighted by Crippen LogP contribution is -2.30. The number of benzene rings is 2. The molecule has 0 aliphatic rings. The quantitative estimate of drug-likeness (QED) is 0.823. The lowest BCUT2D eigenvalue weighted by atomic mass is 10.1. The zero-order chi connectivity index (χ0) is 15.2. The number of carbonyl (C=O) groups excluding carboxylic acids is 1. The Morgan fingerprint density at radius 2 is 1.95 bits per heavy atom. The normalized spacial score (nSPS) is 12.0. The summed E-state index contributed by atoms with van der Waals surface area (Å²) < 4.78 is 1.03. The Bertz CT molecular complexity index is 616. The Hall–Kier alpha value is -1.36. The van der Waals surface area contributed by atoms with Crippen LogP contribution in [0.3, 0.4) is 0 Å². The van der Waals surface area contributed by atoms with Crippen molar-refractivity contribution in [3.8, 4) is 0 Å². The Labute approximate surface area is 137 Å². The molecule has 0 aromatic heterocycles. The van der Waals surface area contributed by atoms with Crippen LogP contribution in [-0.2, 0) is 4.79 Å². The van der Waals surface area contributed by atoms with Crippen LogP contribution in [0.25, 0.3) is 0 Å². The second-order valence-corrected chi connectivity index (χ2v) is 6.06. The minimum atomic E-state index is -0.0841. The summed E-state index contributed by atoms with van der Waals surface area (Å²) in [6.07, 6.45) is 0. The molecule has 0 spiro atoms. The van der Waals surface area contributed by atoms with Gasteiger partial charge in [-0.3, -0.25) is 4.79 Å². The summed E-state index contributed by atoms with van der Waals surface area (Å²) in [6, 6.07) is 15.2. The minimum absolute atomic E-state index is 0.0841. The summed E-state index contributed by atoms with van der Waals surface area (Å²) in [5.41, 5.74) is 1.87. The third kappa shape index (κ3) is 5.16. The van der Waals surface area contributed by atoms with Gasteiger partial charge in [-0.05, 0) is 48.9 Å². The predicted octanol–water partition coefficient (Wildman–Crippen LogP) is 4.39. The molecule has 0 bridgehead atoms. The molecule has 0 saturated heterocycles. The molecular formula is C16H16BrClN2O. The smallest absolute Gasteiger partial charge is 0.238 e. The van der Waals surface area contributed by atoms with Gasteiger partial charge in [0.2, 0.25) is 5.91 Å². The van der Waals surface area contributed by atoms with Gasteiger partial charge in [-0.25, -0.2) is 0 Å². The maximum absolute atomic E-state index is 11.9. The summed E-state index contributed by atoms with van der Waals surface area (Å²) in [6.45, 7) is 2.27. The number of hydrogen-bond acceptors (Lipinski definition) is 2. The van der Waals surface area contributed by atoms with Gasteiger partial charge in [-0.2, -0.15) is 0 Å². The van der Waals surface area contributed by atoms with Crippen molar-refractivity contribution in [2.24, 2.45) is 0 Å². The zero-order valence-electron chi connectivity index (χ0n) is 11.6. The highest BCUT2D eigenvalue weighted by atomic mass is 79.9. The predicted molar refractivity (Wildman–Crippen MR) is 90.6 cm³/mol. The molecule has 3 nitrogen and oxygen atoms in total. The molecule has 0 aliphatic carbocycles. The van der Waals surface area contributed by atoms with Crippen LogP contribution in [0.4, 0.5) is 5.69 Å².